The second-order valence-electron chi connectivity index (χ2n) is 7.66. The van der Waals surface area contributed by atoms with Gasteiger partial charge in [-0.15, -0.1) is 0 Å². The summed E-state index contributed by atoms with van der Waals surface area (Å²) in [5.74, 6) is 0.133. The number of carbonyl (C=O) groups excluding carboxylic acids is 3. The number of nitrogens with one attached hydrogen (secondary N) is 1. The molecule has 8 nitrogen and oxygen atoms in total. The number of amides is 3. The average Bonchev–Trinajstić information content (AvgIpc) is 3.36. The summed E-state index contributed by atoms with van der Waals surface area (Å²) in [5.41, 5.74) is 1.53. The molecule has 2 heterocycles. The highest BCUT2D eigenvalue weighted by Crippen LogP contribution is 2.23. The van der Waals surface area contributed by atoms with E-state index >= 15 is 0 Å². The number of benzene rings is 2. The van der Waals surface area contributed by atoms with E-state index in [4.69, 9.17) is 4.74 Å². The Kier molecular flexibility index (Phi) is 7.19. The molecule has 1 aliphatic heterocycles. The quantitative estimate of drug-likeness (QED) is 0.320. The zero-order valence-corrected chi connectivity index (χ0v) is 19.5. The van der Waals surface area contributed by atoms with Crippen molar-refractivity contribution in [2.75, 3.05) is 11.9 Å². The number of hydrogen-bond acceptors (Lipinski definition) is 5. The Morgan fingerprint density at radius 1 is 0.970 bits per heavy atom. The number of imide groups is 1. The van der Waals surface area contributed by atoms with E-state index in [1.807, 2.05) is 24.3 Å². The number of aromatic nitrogens is 2. The number of carbonyl (C=O) groups is 3. The molecule has 4 rings (SSSR count). The van der Waals surface area contributed by atoms with Crippen LogP contribution in [0.15, 0.2) is 65.4 Å². The molecule has 0 atom stereocenters. The van der Waals surface area contributed by atoms with E-state index in [2.05, 4.69) is 26.3 Å². The zero-order valence-electron chi connectivity index (χ0n) is 17.9. The molecular formula is C24H23BrN4O4. The van der Waals surface area contributed by atoms with Crippen molar-refractivity contribution in [1.82, 2.24) is 14.7 Å². The van der Waals surface area contributed by atoms with Crippen molar-refractivity contribution in [3.63, 3.8) is 0 Å². The molecule has 3 amide bonds. The molecule has 3 aromatic rings. The van der Waals surface area contributed by atoms with Crippen LogP contribution in [0.3, 0.4) is 0 Å². The number of ether oxygens (including phenoxy) is 1. The van der Waals surface area contributed by atoms with Crippen molar-refractivity contribution in [2.24, 2.45) is 0 Å². The van der Waals surface area contributed by atoms with Gasteiger partial charge in [0.05, 0.1) is 29.2 Å². The van der Waals surface area contributed by atoms with Crippen molar-refractivity contribution in [3.05, 3.63) is 76.5 Å². The minimum Gasteiger partial charge on any atom is -0.471 e. The molecule has 0 bridgehead atoms. The Morgan fingerprint density at radius 2 is 1.67 bits per heavy atom. The maximum Gasteiger partial charge on any atom is 0.261 e. The number of unbranched alkanes of at least 4 members (excludes halogenated alkanes) is 2. The van der Waals surface area contributed by atoms with Crippen LogP contribution in [0, 0.1) is 0 Å². The Balaban J connectivity index is 1.14. The summed E-state index contributed by atoms with van der Waals surface area (Å²) in [5, 5.41) is 7.01. The number of fused-ring (bicyclic) bond motifs is 1. The number of nitrogens with zero attached hydrogens (tertiary/aromatic N) is 3. The summed E-state index contributed by atoms with van der Waals surface area (Å²) in [6, 6.07) is 14.4. The average molecular weight is 511 g/mol. The Morgan fingerprint density at radius 3 is 2.36 bits per heavy atom. The zero-order chi connectivity index (χ0) is 23.2. The molecule has 0 fully saturated rings. The Labute approximate surface area is 199 Å². The van der Waals surface area contributed by atoms with Gasteiger partial charge in [0.25, 0.3) is 11.8 Å². The van der Waals surface area contributed by atoms with Gasteiger partial charge in [-0.05, 0) is 49.2 Å². The molecule has 1 aliphatic rings. The third-order valence-corrected chi connectivity index (χ3v) is 5.79. The first-order valence-electron chi connectivity index (χ1n) is 10.7. The van der Waals surface area contributed by atoms with Crippen LogP contribution < -0.4 is 10.1 Å². The van der Waals surface area contributed by atoms with E-state index in [1.165, 1.54) is 4.90 Å². The standard InChI is InChI=1S/C24H23BrN4O4/c25-17-9-11-19(12-10-17)33-16-28-15-18(14-26-28)27-22(30)8-2-1-5-13-29-23(31)20-6-3-4-7-21(20)24(29)32/h3-4,6-7,9-12,14-15H,1-2,5,8,13,16H2,(H,27,30). The van der Waals surface area contributed by atoms with Crippen LogP contribution >= 0.6 is 15.9 Å². The first-order chi connectivity index (χ1) is 16.0. The molecule has 0 spiro atoms. The van der Waals surface area contributed by atoms with Crippen LogP contribution in [0.5, 0.6) is 5.75 Å². The van der Waals surface area contributed by atoms with Crippen LogP contribution in [0.4, 0.5) is 5.69 Å². The van der Waals surface area contributed by atoms with Crippen molar-refractivity contribution in [3.8, 4) is 5.75 Å². The number of halogens is 1. The highest BCUT2D eigenvalue weighted by Gasteiger charge is 2.34. The van der Waals surface area contributed by atoms with Crippen molar-refractivity contribution < 1.29 is 19.1 Å². The minimum absolute atomic E-state index is 0.107. The van der Waals surface area contributed by atoms with Gasteiger partial charge in [-0.1, -0.05) is 34.5 Å². The summed E-state index contributed by atoms with van der Waals surface area (Å²) in [6.45, 7) is 0.592. The smallest absolute Gasteiger partial charge is 0.261 e. The maximum absolute atomic E-state index is 12.3. The van der Waals surface area contributed by atoms with Gasteiger partial charge >= 0.3 is 0 Å². The van der Waals surface area contributed by atoms with Gasteiger partial charge in [-0.25, -0.2) is 4.68 Å². The minimum atomic E-state index is -0.241. The van der Waals surface area contributed by atoms with Crippen LogP contribution in [0.1, 0.15) is 46.4 Å². The Hall–Kier alpha value is -3.46. The fourth-order valence-corrected chi connectivity index (χ4v) is 3.83. The van der Waals surface area contributed by atoms with Gasteiger partial charge in [0.1, 0.15) is 5.75 Å². The number of anilines is 1. The van der Waals surface area contributed by atoms with Gasteiger partial charge in [0, 0.05) is 17.4 Å². The van der Waals surface area contributed by atoms with Crippen molar-refractivity contribution >= 4 is 39.3 Å². The van der Waals surface area contributed by atoms with Crippen LogP contribution in [0.2, 0.25) is 0 Å². The topological polar surface area (TPSA) is 93.5 Å². The largest absolute Gasteiger partial charge is 0.471 e. The van der Waals surface area contributed by atoms with E-state index in [0.717, 1.165) is 16.6 Å². The monoisotopic (exact) mass is 510 g/mol. The fourth-order valence-electron chi connectivity index (χ4n) is 3.57. The molecule has 2 aromatic carbocycles. The highest BCUT2D eigenvalue weighted by atomic mass is 79.9. The predicted octanol–water partition coefficient (Wildman–Crippen LogP) is 4.48. The van der Waals surface area contributed by atoms with Crippen LogP contribution in [-0.4, -0.2) is 38.9 Å². The Bertz CT molecular complexity index is 1120. The lowest BCUT2D eigenvalue weighted by Gasteiger charge is -2.13. The van der Waals surface area contributed by atoms with E-state index in [9.17, 15) is 14.4 Å². The third-order valence-electron chi connectivity index (χ3n) is 5.26. The highest BCUT2D eigenvalue weighted by molar-refractivity contribution is 9.10. The van der Waals surface area contributed by atoms with Crippen molar-refractivity contribution in [2.45, 2.75) is 32.4 Å². The summed E-state index contributed by atoms with van der Waals surface area (Å²) < 4.78 is 8.22. The molecule has 0 saturated carbocycles. The maximum atomic E-state index is 12.3. The van der Waals surface area contributed by atoms with Gasteiger partial charge in [0.2, 0.25) is 5.91 Å². The molecule has 0 aliphatic carbocycles. The van der Waals surface area contributed by atoms with E-state index in [1.54, 1.807) is 41.3 Å². The lowest BCUT2D eigenvalue weighted by molar-refractivity contribution is -0.116. The molecule has 170 valence electrons. The SMILES string of the molecule is O=C(CCCCCN1C(=O)c2ccccc2C1=O)Nc1cnn(COc2ccc(Br)cc2)c1. The first kappa shape index (κ1) is 22.7. The van der Waals surface area contributed by atoms with Gasteiger partial charge in [-0.3, -0.25) is 19.3 Å². The molecule has 1 aromatic heterocycles. The summed E-state index contributed by atoms with van der Waals surface area (Å²) in [6.07, 6.45) is 5.69. The first-order valence-corrected chi connectivity index (χ1v) is 11.5. The second kappa shape index (κ2) is 10.4. The second-order valence-corrected chi connectivity index (χ2v) is 8.58. The molecule has 0 unspecified atom stereocenters. The number of hydrogen-bond donors (Lipinski definition) is 1. The van der Waals surface area contributed by atoms with Crippen molar-refractivity contribution in [1.29, 1.82) is 0 Å². The predicted molar refractivity (Wildman–Crippen MR) is 126 cm³/mol. The summed E-state index contributed by atoms with van der Waals surface area (Å²) in [7, 11) is 0. The molecule has 33 heavy (non-hydrogen) atoms. The van der Waals surface area contributed by atoms with E-state index in [0.29, 0.717) is 42.6 Å². The normalized spacial score (nSPS) is 12.7. The molecule has 9 heteroatoms. The lowest BCUT2D eigenvalue weighted by Crippen LogP contribution is -2.30. The molecule has 1 N–H and O–H groups in total. The lowest BCUT2D eigenvalue weighted by atomic mass is 10.1. The fraction of sp³-hybridized carbons (Fsp3) is 0.250. The van der Waals surface area contributed by atoms with Gasteiger partial charge in [-0.2, -0.15) is 5.10 Å². The number of rotatable bonds is 10. The molecular weight excluding hydrogens is 488 g/mol. The summed E-state index contributed by atoms with van der Waals surface area (Å²) >= 11 is 3.38. The molecule has 0 saturated heterocycles. The van der Waals surface area contributed by atoms with E-state index < -0.39 is 0 Å². The third kappa shape index (κ3) is 5.67. The van der Waals surface area contributed by atoms with E-state index in [-0.39, 0.29) is 24.5 Å². The summed E-state index contributed by atoms with van der Waals surface area (Å²) in [4.78, 5) is 38.2. The van der Waals surface area contributed by atoms with Gasteiger partial charge < -0.3 is 10.1 Å². The van der Waals surface area contributed by atoms with Gasteiger partial charge in [0.15, 0.2) is 6.73 Å². The van der Waals surface area contributed by atoms with Crippen LogP contribution in [-0.2, 0) is 11.5 Å². The molecule has 0 radical (unpaired) electrons. The van der Waals surface area contributed by atoms with Crippen LogP contribution in [0.25, 0.3) is 0 Å².